The second-order valence-corrected chi connectivity index (χ2v) is 9.37. The van der Waals surface area contributed by atoms with Crippen LogP contribution in [-0.2, 0) is 16.2 Å². The van der Waals surface area contributed by atoms with Crippen molar-refractivity contribution in [1.29, 1.82) is 0 Å². The zero-order valence-corrected chi connectivity index (χ0v) is 18.5. The van der Waals surface area contributed by atoms with Crippen LogP contribution in [-0.4, -0.2) is 31.3 Å². The third-order valence-corrected chi connectivity index (χ3v) is 6.61. The SMILES string of the molecule is CN(C(=O)c1ncc(Cl)cc1NS(=O)(=O)c1ccc(Cl)c(C(F)(F)F)c1)c1nccs1. The van der Waals surface area contributed by atoms with Crippen LogP contribution < -0.4 is 9.62 Å². The van der Waals surface area contributed by atoms with Gasteiger partial charge in [0.15, 0.2) is 10.8 Å². The minimum Gasteiger partial charge on any atom is -0.286 e. The summed E-state index contributed by atoms with van der Waals surface area (Å²) in [5, 5.41) is 1.30. The highest BCUT2D eigenvalue weighted by molar-refractivity contribution is 7.92. The van der Waals surface area contributed by atoms with Gasteiger partial charge in [0.2, 0.25) is 0 Å². The number of sulfonamides is 1. The molecular formula is C17H11Cl2F3N4O3S2. The average Bonchev–Trinajstić information content (AvgIpc) is 3.20. The lowest BCUT2D eigenvalue weighted by atomic mass is 10.2. The van der Waals surface area contributed by atoms with Crippen molar-refractivity contribution in [2.75, 3.05) is 16.7 Å². The lowest BCUT2D eigenvalue weighted by molar-refractivity contribution is -0.137. The fourth-order valence-electron chi connectivity index (χ4n) is 2.41. The van der Waals surface area contributed by atoms with Crippen LogP contribution in [0.25, 0.3) is 0 Å². The number of benzene rings is 1. The first-order chi connectivity index (χ1) is 14.4. The molecule has 14 heteroatoms. The Bertz CT molecular complexity index is 1240. The molecule has 0 atom stereocenters. The topological polar surface area (TPSA) is 92.3 Å². The third kappa shape index (κ3) is 5.09. The molecule has 0 unspecified atom stereocenters. The van der Waals surface area contributed by atoms with Crippen LogP contribution in [0.3, 0.4) is 0 Å². The summed E-state index contributed by atoms with van der Waals surface area (Å²) in [5.41, 5.74) is -1.96. The largest absolute Gasteiger partial charge is 0.417 e. The number of alkyl halides is 3. The quantitative estimate of drug-likeness (QED) is 0.524. The van der Waals surface area contributed by atoms with Gasteiger partial charge in [-0.2, -0.15) is 13.2 Å². The molecule has 0 radical (unpaired) electrons. The van der Waals surface area contributed by atoms with Gasteiger partial charge in [0.25, 0.3) is 15.9 Å². The van der Waals surface area contributed by atoms with Crippen LogP contribution in [0, 0.1) is 0 Å². The Kier molecular flexibility index (Phi) is 6.46. The van der Waals surface area contributed by atoms with Gasteiger partial charge in [-0.1, -0.05) is 23.2 Å². The first-order valence-corrected chi connectivity index (χ1v) is 11.2. The number of pyridine rings is 1. The molecule has 0 saturated carbocycles. The number of rotatable bonds is 5. The van der Waals surface area contributed by atoms with E-state index in [1.807, 2.05) is 0 Å². The summed E-state index contributed by atoms with van der Waals surface area (Å²) in [4.78, 5) is 21.1. The Morgan fingerprint density at radius 3 is 2.52 bits per heavy atom. The van der Waals surface area contributed by atoms with E-state index in [9.17, 15) is 26.4 Å². The summed E-state index contributed by atoms with van der Waals surface area (Å²) in [6.07, 6.45) is -2.26. The Hall–Kier alpha value is -2.41. The highest BCUT2D eigenvalue weighted by Gasteiger charge is 2.35. The number of carbonyl (C=O) groups excluding carboxylic acids is 1. The number of thiazole rings is 1. The maximum Gasteiger partial charge on any atom is 0.417 e. The van der Waals surface area contributed by atoms with E-state index in [1.54, 1.807) is 5.38 Å². The minimum absolute atomic E-state index is 0.00163. The Balaban J connectivity index is 2.01. The zero-order chi connectivity index (χ0) is 23.0. The first-order valence-electron chi connectivity index (χ1n) is 8.13. The van der Waals surface area contributed by atoms with Gasteiger partial charge in [-0.15, -0.1) is 11.3 Å². The molecular weight excluding hydrogens is 500 g/mol. The highest BCUT2D eigenvalue weighted by Crippen LogP contribution is 2.36. The van der Waals surface area contributed by atoms with Crippen LogP contribution in [0.1, 0.15) is 16.1 Å². The summed E-state index contributed by atoms with van der Waals surface area (Å²) in [5.74, 6) is -0.712. The molecule has 0 saturated heterocycles. The number of nitrogens with zero attached hydrogens (tertiary/aromatic N) is 3. The highest BCUT2D eigenvalue weighted by atomic mass is 35.5. The smallest absolute Gasteiger partial charge is 0.286 e. The van der Waals surface area contributed by atoms with E-state index >= 15 is 0 Å². The van der Waals surface area contributed by atoms with Crippen molar-refractivity contribution in [2.45, 2.75) is 11.1 Å². The normalized spacial score (nSPS) is 11.9. The van der Waals surface area contributed by atoms with Crippen molar-refractivity contribution in [3.63, 3.8) is 0 Å². The molecule has 0 aliphatic heterocycles. The van der Waals surface area contributed by atoms with E-state index in [4.69, 9.17) is 23.2 Å². The first kappa shape index (κ1) is 23.3. The maximum atomic E-state index is 13.1. The molecule has 1 amide bonds. The standard InChI is InChI=1S/C17H11Cl2F3N4O3S2/c1-26(16-23-4-5-30-16)15(27)14-13(6-9(18)8-24-14)25-31(28,29)10-2-3-12(19)11(7-10)17(20,21)22/h2-8,25H,1H3. The van der Waals surface area contributed by atoms with Gasteiger partial charge in [-0.3, -0.25) is 14.4 Å². The third-order valence-electron chi connectivity index (χ3n) is 3.87. The van der Waals surface area contributed by atoms with Gasteiger partial charge in [0.05, 0.1) is 26.2 Å². The fourth-order valence-corrected chi connectivity index (χ4v) is 4.48. The maximum absolute atomic E-state index is 13.1. The van der Waals surface area contributed by atoms with Crippen LogP contribution in [0.4, 0.5) is 24.0 Å². The number of anilines is 2. The summed E-state index contributed by atoms with van der Waals surface area (Å²) >= 11 is 12.6. The van der Waals surface area contributed by atoms with E-state index in [0.29, 0.717) is 11.2 Å². The monoisotopic (exact) mass is 510 g/mol. The van der Waals surface area contributed by atoms with Gasteiger partial charge in [-0.05, 0) is 24.3 Å². The summed E-state index contributed by atoms with van der Waals surface area (Å²) in [7, 11) is -3.15. The summed E-state index contributed by atoms with van der Waals surface area (Å²) < 4.78 is 66.9. The lowest BCUT2D eigenvalue weighted by Gasteiger charge is -2.17. The Morgan fingerprint density at radius 2 is 1.90 bits per heavy atom. The molecule has 0 aliphatic carbocycles. The van der Waals surface area contributed by atoms with E-state index in [-0.39, 0.29) is 16.4 Å². The lowest BCUT2D eigenvalue weighted by Crippen LogP contribution is -2.28. The molecule has 0 aliphatic rings. The Labute approximate surface area is 188 Å². The number of halogens is 5. The van der Waals surface area contributed by atoms with Gasteiger partial charge < -0.3 is 0 Å². The second kappa shape index (κ2) is 8.61. The summed E-state index contributed by atoms with van der Waals surface area (Å²) in [6, 6.07) is 3.24. The molecule has 1 aromatic carbocycles. The molecule has 3 aromatic rings. The van der Waals surface area contributed by atoms with Crippen LogP contribution in [0.2, 0.25) is 10.0 Å². The molecule has 0 spiro atoms. The Morgan fingerprint density at radius 1 is 1.19 bits per heavy atom. The predicted molar refractivity (Wildman–Crippen MR) is 111 cm³/mol. The van der Waals surface area contributed by atoms with Crippen molar-refractivity contribution in [3.05, 3.63) is 63.3 Å². The van der Waals surface area contributed by atoms with E-state index in [1.165, 1.54) is 13.2 Å². The molecule has 2 heterocycles. The number of nitrogens with one attached hydrogen (secondary N) is 1. The van der Waals surface area contributed by atoms with Gasteiger partial charge in [0.1, 0.15) is 0 Å². The van der Waals surface area contributed by atoms with Crippen molar-refractivity contribution >= 4 is 61.3 Å². The number of hydrogen-bond acceptors (Lipinski definition) is 6. The van der Waals surface area contributed by atoms with Gasteiger partial charge in [-0.25, -0.2) is 18.4 Å². The predicted octanol–water partition coefficient (Wildman–Crippen LogP) is 4.94. The van der Waals surface area contributed by atoms with Gasteiger partial charge >= 0.3 is 6.18 Å². The van der Waals surface area contributed by atoms with Gasteiger partial charge in [0, 0.05) is 24.8 Å². The number of aromatic nitrogens is 2. The van der Waals surface area contributed by atoms with Crippen LogP contribution >= 0.6 is 34.5 Å². The van der Waals surface area contributed by atoms with E-state index in [0.717, 1.165) is 40.6 Å². The molecule has 0 fully saturated rings. The molecule has 7 nitrogen and oxygen atoms in total. The number of carbonyl (C=O) groups is 1. The molecule has 1 N–H and O–H groups in total. The molecule has 0 bridgehead atoms. The molecule has 164 valence electrons. The van der Waals surface area contributed by atoms with Crippen molar-refractivity contribution in [3.8, 4) is 0 Å². The number of hydrogen-bond donors (Lipinski definition) is 1. The summed E-state index contributed by atoms with van der Waals surface area (Å²) in [6.45, 7) is 0. The van der Waals surface area contributed by atoms with E-state index in [2.05, 4.69) is 14.7 Å². The zero-order valence-electron chi connectivity index (χ0n) is 15.3. The number of amides is 1. The van der Waals surface area contributed by atoms with Crippen molar-refractivity contribution < 1.29 is 26.4 Å². The van der Waals surface area contributed by atoms with Crippen LogP contribution in [0.5, 0.6) is 0 Å². The fraction of sp³-hybridized carbons (Fsp3) is 0.118. The van der Waals surface area contributed by atoms with Crippen molar-refractivity contribution in [2.24, 2.45) is 0 Å². The van der Waals surface area contributed by atoms with Crippen LogP contribution in [0.15, 0.2) is 46.9 Å². The van der Waals surface area contributed by atoms with E-state index < -0.39 is 37.6 Å². The minimum atomic E-state index is -4.86. The molecule has 3 rings (SSSR count). The molecule has 31 heavy (non-hydrogen) atoms. The average molecular weight is 511 g/mol. The van der Waals surface area contributed by atoms with Crippen molar-refractivity contribution in [1.82, 2.24) is 9.97 Å². The second-order valence-electron chi connectivity index (χ2n) is 5.97. The molecule has 2 aromatic heterocycles.